The number of aryl methyl sites for hydroxylation is 2. The number of nitrogens with zero attached hydrogens (tertiary/aromatic N) is 5. The quantitative estimate of drug-likeness (QED) is 0.648. The van der Waals surface area contributed by atoms with Crippen LogP contribution in [0.5, 0.6) is 0 Å². The van der Waals surface area contributed by atoms with E-state index < -0.39 is 11.2 Å². The molecular formula is C16H14ClN5O2S. The fourth-order valence-corrected chi connectivity index (χ4v) is 3.41. The Kier molecular flexibility index (Phi) is 4.70. The van der Waals surface area contributed by atoms with Gasteiger partial charge in [-0.3, -0.25) is 13.9 Å². The molecule has 2 aromatic heterocycles. The number of hydrogen-bond acceptors (Lipinski definition) is 5. The van der Waals surface area contributed by atoms with Crippen molar-refractivity contribution in [1.82, 2.24) is 18.7 Å². The van der Waals surface area contributed by atoms with Gasteiger partial charge in [0.1, 0.15) is 0 Å². The Labute approximate surface area is 152 Å². The van der Waals surface area contributed by atoms with E-state index in [1.165, 1.54) is 16.3 Å². The van der Waals surface area contributed by atoms with E-state index in [0.29, 0.717) is 26.9 Å². The second-order valence-electron chi connectivity index (χ2n) is 5.40. The summed E-state index contributed by atoms with van der Waals surface area (Å²) in [6, 6.07) is 9.10. The van der Waals surface area contributed by atoms with Crippen LogP contribution < -0.4 is 11.2 Å². The highest BCUT2D eigenvalue weighted by Gasteiger charge is 2.19. The third kappa shape index (κ3) is 2.97. The van der Waals surface area contributed by atoms with Crippen LogP contribution in [0.2, 0.25) is 5.02 Å². The highest BCUT2D eigenvalue weighted by molar-refractivity contribution is 7.99. The molecule has 25 heavy (non-hydrogen) atoms. The van der Waals surface area contributed by atoms with Gasteiger partial charge in [-0.15, -0.1) is 0 Å². The third-order valence-electron chi connectivity index (χ3n) is 3.87. The minimum Gasteiger partial charge on any atom is -0.316 e. The van der Waals surface area contributed by atoms with Crippen LogP contribution in [-0.2, 0) is 20.6 Å². The van der Waals surface area contributed by atoms with Crippen molar-refractivity contribution in [2.24, 2.45) is 14.1 Å². The molecule has 0 amide bonds. The summed E-state index contributed by atoms with van der Waals surface area (Å²) < 4.78 is 4.09. The maximum absolute atomic E-state index is 12.9. The molecular weight excluding hydrogens is 362 g/mol. The summed E-state index contributed by atoms with van der Waals surface area (Å²) in [5.74, 6) is 0.207. The standard InChI is InChI=1S/C16H14ClN5O2S/c1-20-12-13(19-15(20)25-8-7-18)21(2)16(24)22(14(12)23)9-10-5-3-4-6-11(10)17/h3-6H,8-9H2,1-2H3. The first-order chi connectivity index (χ1) is 12.0. The predicted octanol–water partition coefficient (Wildman–Crippen LogP) is 1.75. The molecule has 128 valence electrons. The van der Waals surface area contributed by atoms with Crippen molar-refractivity contribution in [3.63, 3.8) is 0 Å². The van der Waals surface area contributed by atoms with Crippen LogP contribution in [0.3, 0.4) is 0 Å². The van der Waals surface area contributed by atoms with Gasteiger partial charge < -0.3 is 4.57 Å². The lowest BCUT2D eigenvalue weighted by Gasteiger charge is -2.09. The van der Waals surface area contributed by atoms with Gasteiger partial charge in [0.25, 0.3) is 5.56 Å². The Bertz CT molecular complexity index is 1120. The number of benzene rings is 1. The van der Waals surface area contributed by atoms with Crippen LogP contribution in [0.4, 0.5) is 0 Å². The maximum Gasteiger partial charge on any atom is 0.332 e. The fourth-order valence-electron chi connectivity index (χ4n) is 2.59. The Morgan fingerprint density at radius 1 is 1.24 bits per heavy atom. The molecule has 0 aliphatic carbocycles. The van der Waals surface area contributed by atoms with Gasteiger partial charge in [0.05, 0.1) is 18.4 Å². The molecule has 0 saturated carbocycles. The lowest BCUT2D eigenvalue weighted by atomic mass is 10.2. The summed E-state index contributed by atoms with van der Waals surface area (Å²) in [4.78, 5) is 29.9. The van der Waals surface area contributed by atoms with Gasteiger partial charge in [0, 0.05) is 19.1 Å². The first kappa shape index (κ1) is 17.3. The number of halogens is 1. The largest absolute Gasteiger partial charge is 0.332 e. The first-order valence-corrected chi connectivity index (χ1v) is 8.71. The van der Waals surface area contributed by atoms with Gasteiger partial charge >= 0.3 is 5.69 Å². The molecule has 1 aromatic carbocycles. The van der Waals surface area contributed by atoms with Gasteiger partial charge in [0.2, 0.25) is 0 Å². The van der Waals surface area contributed by atoms with E-state index in [2.05, 4.69) is 4.98 Å². The average molecular weight is 376 g/mol. The highest BCUT2D eigenvalue weighted by Crippen LogP contribution is 2.20. The maximum atomic E-state index is 12.9. The number of rotatable bonds is 4. The van der Waals surface area contributed by atoms with E-state index in [1.54, 1.807) is 42.9 Å². The van der Waals surface area contributed by atoms with E-state index in [1.807, 2.05) is 6.07 Å². The molecule has 0 aliphatic rings. The van der Waals surface area contributed by atoms with Gasteiger partial charge in [-0.2, -0.15) is 5.26 Å². The number of nitriles is 1. The smallest absolute Gasteiger partial charge is 0.316 e. The zero-order chi connectivity index (χ0) is 18.1. The molecule has 0 spiro atoms. The minimum absolute atomic E-state index is 0.0764. The minimum atomic E-state index is -0.465. The van der Waals surface area contributed by atoms with Crippen LogP contribution in [-0.4, -0.2) is 24.4 Å². The third-order valence-corrected chi connectivity index (χ3v) is 5.14. The Morgan fingerprint density at radius 3 is 2.64 bits per heavy atom. The fraction of sp³-hybridized carbons (Fsp3) is 0.250. The molecule has 0 unspecified atom stereocenters. The molecule has 0 atom stereocenters. The Morgan fingerprint density at radius 2 is 1.96 bits per heavy atom. The molecule has 3 rings (SSSR count). The summed E-state index contributed by atoms with van der Waals surface area (Å²) in [5, 5.41) is 9.74. The highest BCUT2D eigenvalue weighted by atomic mass is 35.5. The summed E-state index contributed by atoms with van der Waals surface area (Å²) in [6.45, 7) is 0.0764. The summed E-state index contributed by atoms with van der Waals surface area (Å²) >= 11 is 7.37. The van der Waals surface area contributed by atoms with E-state index in [4.69, 9.17) is 16.9 Å². The first-order valence-electron chi connectivity index (χ1n) is 7.35. The second-order valence-corrected chi connectivity index (χ2v) is 6.75. The average Bonchev–Trinajstić information content (AvgIpc) is 2.93. The predicted molar refractivity (Wildman–Crippen MR) is 97.1 cm³/mol. The molecule has 0 saturated heterocycles. The van der Waals surface area contributed by atoms with Crippen molar-refractivity contribution >= 4 is 34.5 Å². The van der Waals surface area contributed by atoms with Crippen molar-refractivity contribution in [2.75, 3.05) is 5.75 Å². The summed E-state index contributed by atoms with van der Waals surface area (Å²) in [7, 11) is 3.26. The van der Waals surface area contributed by atoms with E-state index in [9.17, 15) is 9.59 Å². The molecule has 3 aromatic rings. The van der Waals surface area contributed by atoms with Gasteiger partial charge in [-0.25, -0.2) is 9.78 Å². The van der Waals surface area contributed by atoms with Crippen LogP contribution in [0.25, 0.3) is 11.2 Å². The molecule has 0 bridgehead atoms. The van der Waals surface area contributed by atoms with E-state index in [-0.39, 0.29) is 12.3 Å². The van der Waals surface area contributed by atoms with Crippen LogP contribution in [0.1, 0.15) is 5.56 Å². The SMILES string of the molecule is Cn1c(SCC#N)nc2c1c(=O)n(Cc1ccccc1Cl)c(=O)n2C. The second kappa shape index (κ2) is 6.78. The Balaban J connectivity index is 2.23. The molecule has 0 fully saturated rings. The van der Waals surface area contributed by atoms with Gasteiger partial charge in [0.15, 0.2) is 16.3 Å². The van der Waals surface area contributed by atoms with Crippen LogP contribution in [0.15, 0.2) is 39.0 Å². The molecule has 0 N–H and O–H groups in total. The van der Waals surface area contributed by atoms with E-state index >= 15 is 0 Å². The molecule has 2 heterocycles. The van der Waals surface area contributed by atoms with Crippen molar-refractivity contribution < 1.29 is 0 Å². The van der Waals surface area contributed by atoms with Gasteiger partial charge in [-0.1, -0.05) is 41.6 Å². The van der Waals surface area contributed by atoms with Crippen LogP contribution in [0, 0.1) is 11.3 Å². The monoisotopic (exact) mass is 375 g/mol. The summed E-state index contributed by atoms with van der Waals surface area (Å²) in [6.07, 6.45) is 0. The number of aromatic nitrogens is 4. The molecule has 9 heteroatoms. The lowest BCUT2D eigenvalue weighted by Crippen LogP contribution is -2.39. The zero-order valence-corrected chi connectivity index (χ0v) is 15.1. The molecule has 7 nitrogen and oxygen atoms in total. The van der Waals surface area contributed by atoms with Crippen molar-refractivity contribution in [1.29, 1.82) is 5.26 Å². The molecule has 0 aliphatic heterocycles. The van der Waals surface area contributed by atoms with Gasteiger partial charge in [-0.05, 0) is 11.6 Å². The summed E-state index contributed by atoms with van der Waals surface area (Å²) in [5.41, 5.74) is 0.399. The topological polar surface area (TPSA) is 85.6 Å². The van der Waals surface area contributed by atoms with Crippen molar-refractivity contribution in [3.8, 4) is 6.07 Å². The van der Waals surface area contributed by atoms with Crippen molar-refractivity contribution in [2.45, 2.75) is 11.7 Å². The van der Waals surface area contributed by atoms with Crippen LogP contribution >= 0.6 is 23.4 Å². The number of hydrogen-bond donors (Lipinski definition) is 0. The number of thioether (sulfide) groups is 1. The number of imidazole rings is 1. The molecule has 0 radical (unpaired) electrons. The zero-order valence-electron chi connectivity index (χ0n) is 13.6. The van der Waals surface area contributed by atoms with Crippen molar-refractivity contribution in [3.05, 3.63) is 55.7 Å². The lowest BCUT2D eigenvalue weighted by molar-refractivity contribution is 0.655. The number of fused-ring (bicyclic) bond motifs is 1. The Hall–Kier alpha value is -2.50. The van der Waals surface area contributed by atoms with E-state index in [0.717, 1.165) is 4.57 Å². The normalized spacial score (nSPS) is 11.0.